The number of fused-ring (bicyclic) bond motifs is 1. The fourth-order valence-electron chi connectivity index (χ4n) is 8.57. The molecule has 2 aromatic carbocycles. The number of hydrogen-bond donors (Lipinski definition) is 3. The van der Waals surface area contributed by atoms with Crippen molar-refractivity contribution in [2.75, 3.05) is 79.2 Å². The second kappa shape index (κ2) is 20.8. The lowest BCUT2D eigenvalue weighted by Gasteiger charge is -2.47. The van der Waals surface area contributed by atoms with Gasteiger partial charge in [0.15, 0.2) is 8.32 Å². The third-order valence-corrected chi connectivity index (χ3v) is 18.4. The standard InChI is InChI=1S/C49H71N7O7Si/c1-48(2,3)64(5,6)63-43(39-12-14-42(57)46-40(39)13-15-44(58)51-46)33-50-22-27-53(4)45(59)19-30-61-29-18-37-9-7-8-36(32-37)16-23-54-25-20-49(21-26-54)35-55(28-31-62-49)47(60)41-17-24-56(52-41)34-38-10-11-38/h7-9,12-15,17,24,32,38,43,50,57H,10-11,16,18-23,25-31,33-35H2,1-6H3,(H,51,58). The number of aromatic nitrogens is 3. The molecule has 2 aliphatic heterocycles. The van der Waals surface area contributed by atoms with E-state index in [9.17, 15) is 19.5 Å². The van der Waals surface area contributed by atoms with E-state index < -0.39 is 8.32 Å². The Bertz CT molecular complexity index is 2260. The number of likely N-dealkylation sites (N-methyl/N-ethyl adjacent to an activating group) is 1. The molecule has 1 unspecified atom stereocenters. The summed E-state index contributed by atoms with van der Waals surface area (Å²) in [7, 11) is -0.389. The van der Waals surface area contributed by atoms with Crippen molar-refractivity contribution in [2.24, 2.45) is 5.92 Å². The molecule has 3 N–H and O–H groups in total. The van der Waals surface area contributed by atoms with Gasteiger partial charge < -0.3 is 44.0 Å². The summed E-state index contributed by atoms with van der Waals surface area (Å²) >= 11 is 0. The summed E-state index contributed by atoms with van der Waals surface area (Å²) in [6, 6.07) is 17.3. The number of aromatic amines is 1. The van der Waals surface area contributed by atoms with Crippen molar-refractivity contribution in [1.82, 2.24) is 34.8 Å². The van der Waals surface area contributed by atoms with Gasteiger partial charge in [-0.15, -0.1) is 0 Å². The van der Waals surface area contributed by atoms with Gasteiger partial charge in [0, 0.05) is 77.1 Å². The van der Waals surface area contributed by atoms with Crippen LogP contribution in [-0.4, -0.2) is 140 Å². The summed E-state index contributed by atoms with van der Waals surface area (Å²) in [6.45, 7) is 19.1. The predicted octanol–water partition coefficient (Wildman–Crippen LogP) is 6.15. The Morgan fingerprint density at radius 2 is 1.81 bits per heavy atom. The molecule has 1 atom stereocenters. The first kappa shape index (κ1) is 47.6. The molecule has 1 saturated carbocycles. The average Bonchev–Trinajstić information content (AvgIpc) is 3.97. The number of ether oxygens (including phenoxy) is 2. The smallest absolute Gasteiger partial charge is 0.274 e. The number of amides is 2. The molecule has 15 heteroatoms. The highest BCUT2D eigenvalue weighted by atomic mass is 28.4. The molecule has 1 spiro atoms. The van der Waals surface area contributed by atoms with Gasteiger partial charge in [0.1, 0.15) is 11.4 Å². The number of carbonyl (C=O) groups excluding carboxylic acids is 2. The molecule has 3 fully saturated rings. The number of pyridine rings is 1. The molecule has 4 aromatic rings. The summed E-state index contributed by atoms with van der Waals surface area (Å²) < 4.78 is 21.1. The molecule has 3 aliphatic rings. The maximum Gasteiger partial charge on any atom is 0.274 e. The number of nitrogens with zero attached hydrogens (tertiary/aromatic N) is 5. The largest absolute Gasteiger partial charge is 0.506 e. The summed E-state index contributed by atoms with van der Waals surface area (Å²) in [5.41, 5.74) is 3.82. The Hall–Kier alpha value is -4.38. The number of phenolic OH excluding ortho intramolecular Hbond substituents is 1. The molecular weight excluding hydrogens is 827 g/mol. The zero-order chi connectivity index (χ0) is 45.5. The summed E-state index contributed by atoms with van der Waals surface area (Å²) in [6.07, 6.45) is 8.03. The van der Waals surface area contributed by atoms with Gasteiger partial charge in [-0.25, -0.2) is 0 Å². The highest BCUT2D eigenvalue weighted by Crippen LogP contribution is 2.41. The fourth-order valence-corrected chi connectivity index (χ4v) is 9.85. The Balaban J connectivity index is 0.788. The third-order valence-electron chi connectivity index (χ3n) is 13.9. The van der Waals surface area contributed by atoms with Crippen molar-refractivity contribution in [3.8, 4) is 5.75 Å². The average molecular weight is 898 g/mol. The number of phenols is 1. The minimum absolute atomic E-state index is 0.0180. The quantitative estimate of drug-likeness (QED) is 0.0696. The van der Waals surface area contributed by atoms with Gasteiger partial charge in [0.2, 0.25) is 11.5 Å². The number of hydrogen-bond acceptors (Lipinski definition) is 10. The molecule has 348 valence electrons. The van der Waals surface area contributed by atoms with E-state index in [4.69, 9.17) is 13.9 Å². The van der Waals surface area contributed by atoms with Crippen molar-refractivity contribution in [1.29, 1.82) is 0 Å². The van der Waals surface area contributed by atoms with E-state index in [1.165, 1.54) is 30.0 Å². The van der Waals surface area contributed by atoms with Crippen molar-refractivity contribution in [2.45, 2.75) is 102 Å². The normalized spacial score (nSPS) is 17.6. The van der Waals surface area contributed by atoms with E-state index in [-0.39, 0.29) is 39.9 Å². The number of nitrogens with one attached hydrogen (secondary N) is 2. The molecule has 0 radical (unpaired) electrons. The minimum Gasteiger partial charge on any atom is -0.506 e. The number of H-pyrrole nitrogens is 1. The highest BCUT2D eigenvalue weighted by molar-refractivity contribution is 6.74. The van der Waals surface area contributed by atoms with Crippen LogP contribution in [0.2, 0.25) is 18.1 Å². The van der Waals surface area contributed by atoms with Crippen LogP contribution in [0.3, 0.4) is 0 Å². The van der Waals surface area contributed by atoms with E-state index in [2.05, 4.69) is 78.4 Å². The minimum atomic E-state index is -2.21. The van der Waals surface area contributed by atoms with Crippen LogP contribution in [0.15, 0.2) is 65.6 Å². The molecular formula is C49H71N7O7Si. The van der Waals surface area contributed by atoms with Gasteiger partial charge in [-0.3, -0.25) is 19.1 Å². The van der Waals surface area contributed by atoms with Gasteiger partial charge in [-0.2, -0.15) is 5.10 Å². The Kier molecular flexibility index (Phi) is 15.5. The van der Waals surface area contributed by atoms with E-state index in [0.29, 0.717) is 76.1 Å². The molecule has 2 saturated heterocycles. The van der Waals surface area contributed by atoms with E-state index in [1.54, 1.807) is 17.0 Å². The number of morpholine rings is 1. The number of likely N-dealkylation sites (tertiary alicyclic amines) is 1. The molecule has 14 nitrogen and oxygen atoms in total. The summed E-state index contributed by atoms with van der Waals surface area (Å²) in [4.78, 5) is 47.4. The van der Waals surface area contributed by atoms with E-state index in [1.807, 2.05) is 35.0 Å². The van der Waals surface area contributed by atoms with Crippen LogP contribution in [0.1, 0.15) is 86.2 Å². The van der Waals surface area contributed by atoms with Gasteiger partial charge in [0.05, 0.1) is 50.0 Å². The van der Waals surface area contributed by atoms with E-state index >= 15 is 0 Å². The molecule has 1 aliphatic carbocycles. The monoisotopic (exact) mass is 898 g/mol. The number of aromatic hydroxyl groups is 1. The van der Waals surface area contributed by atoms with Gasteiger partial charge in [-0.1, -0.05) is 51.1 Å². The lowest BCUT2D eigenvalue weighted by atomic mass is 9.89. The molecule has 2 aromatic heterocycles. The fraction of sp³-hybridized carbons (Fsp3) is 0.592. The number of carbonyl (C=O) groups is 2. The SMILES string of the molecule is CN(CCNCC(O[Si](C)(C)C(C)(C)C)c1ccc(O)c2[nH]c(=O)ccc12)C(=O)CCOCCc1cccc(CCN2CCC3(CC2)CN(C(=O)c2ccn(CC4CC4)n2)CCO3)c1. The Morgan fingerprint density at radius 1 is 1.05 bits per heavy atom. The van der Waals surface area contributed by atoms with Crippen molar-refractivity contribution in [3.05, 3.63) is 93.5 Å². The zero-order valence-corrected chi connectivity index (χ0v) is 40.0. The lowest BCUT2D eigenvalue weighted by Crippen LogP contribution is -2.58. The zero-order valence-electron chi connectivity index (χ0n) is 39.0. The predicted molar refractivity (Wildman–Crippen MR) is 252 cm³/mol. The van der Waals surface area contributed by atoms with Crippen molar-refractivity contribution in [3.63, 3.8) is 0 Å². The van der Waals surface area contributed by atoms with Crippen LogP contribution in [-0.2, 0) is 38.1 Å². The van der Waals surface area contributed by atoms with E-state index in [0.717, 1.165) is 62.8 Å². The molecule has 64 heavy (non-hydrogen) atoms. The van der Waals surface area contributed by atoms with Crippen LogP contribution in [0, 0.1) is 5.92 Å². The van der Waals surface area contributed by atoms with Crippen molar-refractivity contribution >= 4 is 31.0 Å². The second-order valence-electron chi connectivity index (χ2n) is 19.8. The topological polar surface area (TPSA) is 154 Å². The van der Waals surface area contributed by atoms with Crippen LogP contribution >= 0.6 is 0 Å². The maximum atomic E-state index is 13.4. The third kappa shape index (κ3) is 12.5. The van der Waals surface area contributed by atoms with Crippen LogP contribution in [0.5, 0.6) is 5.75 Å². The molecule has 7 rings (SSSR count). The van der Waals surface area contributed by atoms with Gasteiger partial charge in [-0.05, 0) is 97.5 Å². The maximum absolute atomic E-state index is 13.4. The number of benzene rings is 2. The lowest BCUT2D eigenvalue weighted by molar-refractivity contribution is -0.131. The number of piperidine rings is 1. The summed E-state index contributed by atoms with van der Waals surface area (Å²) in [5.74, 6) is 0.784. The molecule has 4 heterocycles. The van der Waals surface area contributed by atoms with Gasteiger partial charge in [0.25, 0.3) is 5.91 Å². The first-order chi connectivity index (χ1) is 30.6. The van der Waals surface area contributed by atoms with Crippen LogP contribution in [0.4, 0.5) is 0 Å². The van der Waals surface area contributed by atoms with Crippen LogP contribution < -0.4 is 10.9 Å². The Labute approximate surface area is 379 Å². The Morgan fingerprint density at radius 3 is 2.56 bits per heavy atom. The molecule has 0 bridgehead atoms. The first-order valence-corrected chi connectivity index (χ1v) is 26.3. The number of rotatable bonds is 20. The highest BCUT2D eigenvalue weighted by Gasteiger charge is 2.42. The first-order valence-electron chi connectivity index (χ1n) is 23.4. The molecule has 2 amide bonds. The van der Waals surface area contributed by atoms with Crippen LogP contribution in [0.25, 0.3) is 10.9 Å². The van der Waals surface area contributed by atoms with Crippen molar-refractivity contribution < 1.29 is 28.6 Å². The summed E-state index contributed by atoms with van der Waals surface area (Å²) in [5, 5.41) is 19.3. The van der Waals surface area contributed by atoms with Gasteiger partial charge >= 0.3 is 0 Å². The second-order valence-corrected chi connectivity index (χ2v) is 24.6.